The van der Waals surface area contributed by atoms with Crippen LogP contribution in [0.25, 0.3) is 0 Å². The Labute approximate surface area is 164 Å². The van der Waals surface area contributed by atoms with E-state index in [1.807, 2.05) is 18.2 Å². The van der Waals surface area contributed by atoms with Gasteiger partial charge in [-0.3, -0.25) is 4.79 Å². The molecule has 2 rings (SSSR count). The second-order valence-corrected chi connectivity index (χ2v) is 6.62. The zero-order valence-corrected chi connectivity index (χ0v) is 15.9. The van der Waals surface area contributed by atoms with Crippen LogP contribution in [0.4, 0.5) is 4.79 Å². The Bertz CT molecular complexity index is 780. The number of carboxylic acid groups (broad SMARTS) is 1. The third-order valence-electron chi connectivity index (χ3n) is 3.59. The lowest BCUT2D eigenvalue weighted by molar-refractivity contribution is -0.141. The summed E-state index contributed by atoms with van der Waals surface area (Å²) in [5.74, 6) is -1.77. The standard InChI is InChI=1S/C19H19BrN2O5/c20-15-8-6-13(7-9-15)10-16(18(24)25)22-17(23)11-21-19(26)27-12-14-4-2-1-3-5-14/h1-9,16H,10-12H2,(H,21,26)(H,22,23)(H,24,25)/t16-/m1/s1. The molecule has 0 aliphatic heterocycles. The average molecular weight is 435 g/mol. The summed E-state index contributed by atoms with van der Waals surface area (Å²) < 4.78 is 5.86. The number of ether oxygens (including phenoxy) is 1. The molecule has 2 aromatic rings. The summed E-state index contributed by atoms with van der Waals surface area (Å²) in [7, 11) is 0. The van der Waals surface area contributed by atoms with Gasteiger partial charge in [0.25, 0.3) is 0 Å². The molecule has 0 heterocycles. The maximum Gasteiger partial charge on any atom is 0.407 e. The first-order valence-electron chi connectivity index (χ1n) is 8.15. The molecule has 7 nitrogen and oxygen atoms in total. The highest BCUT2D eigenvalue weighted by molar-refractivity contribution is 9.10. The van der Waals surface area contributed by atoms with Gasteiger partial charge in [-0.05, 0) is 23.3 Å². The van der Waals surface area contributed by atoms with Crippen LogP contribution in [0.3, 0.4) is 0 Å². The Morgan fingerprint density at radius 2 is 1.67 bits per heavy atom. The molecular formula is C19H19BrN2O5. The highest BCUT2D eigenvalue weighted by Crippen LogP contribution is 2.12. The number of hydrogen-bond acceptors (Lipinski definition) is 4. The largest absolute Gasteiger partial charge is 0.480 e. The summed E-state index contributed by atoms with van der Waals surface area (Å²) >= 11 is 3.30. The van der Waals surface area contributed by atoms with Gasteiger partial charge in [0.1, 0.15) is 19.2 Å². The first-order valence-corrected chi connectivity index (χ1v) is 8.94. The Kier molecular flexibility index (Phi) is 7.81. The van der Waals surface area contributed by atoms with Gasteiger partial charge in [0.15, 0.2) is 0 Å². The number of rotatable bonds is 8. The molecule has 0 aliphatic carbocycles. The number of nitrogens with one attached hydrogen (secondary N) is 2. The van der Waals surface area contributed by atoms with Gasteiger partial charge in [-0.25, -0.2) is 9.59 Å². The fraction of sp³-hybridized carbons (Fsp3) is 0.211. The molecular weight excluding hydrogens is 416 g/mol. The summed E-state index contributed by atoms with van der Waals surface area (Å²) in [6, 6.07) is 15.1. The van der Waals surface area contributed by atoms with Gasteiger partial charge in [-0.15, -0.1) is 0 Å². The van der Waals surface area contributed by atoms with Crippen molar-refractivity contribution < 1.29 is 24.2 Å². The van der Waals surface area contributed by atoms with Crippen LogP contribution in [0.1, 0.15) is 11.1 Å². The molecule has 1 atom stereocenters. The van der Waals surface area contributed by atoms with Crippen molar-refractivity contribution in [1.82, 2.24) is 10.6 Å². The first kappa shape index (κ1) is 20.4. The summed E-state index contributed by atoms with van der Waals surface area (Å²) in [5, 5.41) is 14.0. The van der Waals surface area contributed by atoms with Crippen LogP contribution in [0.2, 0.25) is 0 Å². The van der Waals surface area contributed by atoms with Crippen LogP contribution in [0.15, 0.2) is 59.1 Å². The minimum Gasteiger partial charge on any atom is -0.480 e. The predicted molar refractivity (Wildman–Crippen MR) is 102 cm³/mol. The van der Waals surface area contributed by atoms with E-state index in [4.69, 9.17) is 4.74 Å². The Hall–Kier alpha value is -2.87. The minimum atomic E-state index is -1.15. The number of aliphatic carboxylic acids is 1. The lowest BCUT2D eigenvalue weighted by atomic mass is 10.1. The monoisotopic (exact) mass is 434 g/mol. The summed E-state index contributed by atoms with van der Waals surface area (Å²) in [6.45, 7) is -0.298. The van der Waals surface area contributed by atoms with Crippen molar-refractivity contribution in [3.63, 3.8) is 0 Å². The molecule has 2 amide bonds. The molecule has 0 radical (unpaired) electrons. The highest BCUT2D eigenvalue weighted by atomic mass is 79.9. The van der Waals surface area contributed by atoms with E-state index in [9.17, 15) is 19.5 Å². The first-order chi connectivity index (χ1) is 12.9. The third-order valence-corrected chi connectivity index (χ3v) is 4.12. The Balaban J connectivity index is 1.77. The highest BCUT2D eigenvalue weighted by Gasteiger charge is 2.20. The normalized spacial score (nSPS) is 11.3. The van der Waals surface area contributed by atoms with Crippen molar-refractivity contribution in [2.45, 2.75) is 19.1 Å². The van der Waals surface area contributed by atoms with Gasteiger partial charge in [0, 0.05) is 10.9 Å². The Morgan fingerprint density at radius 3 is 2.30 bits per heavy atom. The maximum atomic E-state index is 11.9. The fourth-order valence-corrected chi connectivity index (χ4v) is 2.49. The van der Waals surface area contributed by atoms with Crippen LogP contribution in [-0.2, 0) is 27.4 Å². The quantitative estimate of drug-likeness (QED) is 0.591. The number of carbonyl (C=O) groups excluding carboxylic acids is 2. The van der Waals surface area contributed by atoms with Gasteiger partial charge >= 0.3 is 12.1 Å². The number of hydrogen-bond donors (Lipinski definition) is 3. The minimum absolute atomic E-state index is 0.0790. The van der Waals surface area contributed by atoms with Crippen molar-refractivity contribution in [2.75, 3.05) is 6.54 Å². The molecule has 8 heteroatoms. The topological polar surface area (TPSA) is 105 Å². The summed E-state index contributed by atoms with van der Waals surface area (Å²) in [6.07, 6.45) is -0.624. The molecule has 142 valence electrons. The zero-order valence-electron chi connectivity index (χ0n) is 14.4. The average Bonchev–Trinajstić information content (AvgIpc) is 2.66. The van der Waals surface area contributed by atoms with Crippen molar-refractivity contribution in [1.29, 1.82) is 0 Å². The van der Waals surface area contributed by atoms with Crippen molar-refractivity contribution in [3.05, 3.63) is 70.2 Å². The lowest BCUT2D eigenvalue weighted by Gasteiger charge is -2.15. The molecule has 0 aliphatic rings. The molecule has 0 saturated carbocycles. The molecule has 27 heavy (non-hydrogen) atoms. The number of benzene rings is 2. The summed E-state index contributed by atoms with van der Waals surface area (Å²) in [5.41, 5.74) is 1.58. The molecule has 0 unspecified atom stereocenters. The van der Waals surface area contributed by atoms with E-state index < -0.39 is 24.0 Å². The second kappa shape index (κ2) is 10.3. The third kappa shape index (κ3) is 7.49. The van der Waals surface area contributed by atoms with Gasteiger partial charge in [-0.1, -0.05) is 58.4 Å². The van der Waals surface area contributed by atoms with E-state index >= 15 is 0 Å². The van der Waals surface area contributed by atoms with Gasteiger partial charge in [0.2, 0.25) is 5.91 Å². The zero-order chi connectivity index (χ0) is 19.6. The summed E-state index contributed by atoms with van der Waals surface area (Å²) in [4.78, 5) is 34.9. The van der Waals surface area contributed by atoms with Crippen LogP contribution in [0, 0.1) is 0 Å². The van der Waals surface area contributed by atoms with Gasteiger partial charge < -0.3 is 20.5 Å². The molecule has 2 aromatic carbocycles. The van der Waals surface area contributed by atoms with E-state index in [-0.39, 0.29) is 19.6 Å². The Morgan fingerprint density at radius 1 is 1.00 bits per heavy atom. The number of halogens is 1. The number of carboxylic acids is 1. The number of alkyl carbamates (subject to hydrolysis) is 1. The molecule has 3 N–H and O–H groups in total. The van der Waals surface area contributed by atoms with Crippen LogP contribution in [0.5, 0.6) is 0 Å². The molecule has 0 bridgehead atoms. The number of amides is 2. The van der Waals surface area contributed by atoms with E-state index in [1.54, 1.807) is 36.4 Å². The van der Waals surface area contributed by atoms with Gasteiger partial charge in [0.05, 0.1) is 0 Å². The molecule has 0 spiro atoms. The maximum absolute atomic E-state index is 11.9. The number of carbonyl (C=O) groups is 3. The second-order valence-electron chi connectivity index (χ2n) is 5.70. The van der Waals surface area contributed by atoms with Gasteiger partial charge in [-0.2, -0.15) is 0 Å². The molecule has 0 aromatic heterocycles. The predicted octanol–water partition coefficient (Wildman–Crippen LogP) is 2.49. The van der Waals surface area contributed by atoms with Crippen molar-refractivity contribution in [2.24, 2.45) is 0 Å². The van der Waals surface area contributed by atoms with E-state index in [0.29, 0.717) is 0 Å². The van der Waals surface area contributed by atoms with Crippen LogP contribution in [-0.4, -0.2) is 35.7 Å². The lowest BCUT2D eigenvalue weighted by Crippen LogP contribution is -2.46. The van der Waals surface area contributed by atoms with Crippen molar-refractivity contribution >= 4 is 33.9 Å². The smallest absolute Gasteiger partial charge is 0.407 e. The molecule has 0 fully saturated rings. The fourth-order valence-electron chi connectivity index (χ4n) is 2.23. The van der Waals surface area contributed by atoms with E-state index in [2.05, 4.69) is 26.6 Å². The van der Waals surface area contributed by atoms with Crippen molar-refractivity contribution in [3.8, 4) is 0 Å². The van der Waals surface area contributed by atoms with Crippen LogP contribution >= 0.6 is 15.9 Å². The van der Waals surface area contributed by atoms with Crippen LogP contribution < -0.4 is 10.6 Å². The van der Waals surface area contributed by atoms with E-state index in [1.165, 1.54) is 0 Å². The SMILES string of the molecule is O=C(CNC(=O)OCc1ccccc1)N[C@H](Cc1ccc(Br)cc1)C(=O)O. The van der Waals surface area contributed by atoms with E-state index in [0.717, 1.165) is 15.6 Å². The molecule has 0 saturated heterocycles.